The Labute approximate surface area is 200 Å². The van der Waals surface area contributed by atoms with E-state index in [1.54, 1.807) is 54.9 Å². The molecule has 10 heteroatoms. The van der Waals surface area contributed by atoms with Crippen LogP contribution in [0.25, 0.3) is 17.4 Å². The number of carbonyl (C=O) groups is 1. The molecule has 4 aromatic rings. The van der Waals surface area contributed by atoms with E-state index >= 15 is 0 Å². The molecule has 0 radical (unpaired) electrons. The highest BCUT2D eigenvalue weighted by Crippen LogP contribution is 2.28. The van der Waals surface area contributed by atoms with Crippen molar-refractivity contribution in [2.24, 2.45) is 0 Å². The van der Waals surface area contributed by atoms with Gasteiger partial charge in [-0.15, -0.1) is 0 Å². The minimum Gasteiger partial charge on any atom is -0.457 e. The van der Waals surface area contributed by atoms with E-state index in [0.717, 1.165) is 6.08 Å². The number of amides is 1. The Bertz CT molecular complexity index is 1500. The van der Waals surface area contributed by atoms with Gasteiger partial charge in [0.05, 0.1) is 9.82 Å². The standard InChI is InChI=1S/C25H19N3O6S/c29-25(27-17-18-6-5-13-26-16-18)24(35(32,33)22-9-2-1-3-10-22)15-21-11-12-23(34-21)19-7-4-8-20(14-19)28(30)31/h1-16H,17H2,(H,27,29)/b24-15+. The monoisotopic (exact) mass is 489 g/mol. The molecule has 2 aromatic heterocycles. The lowest BCUT2D eigenvalue weighted by atomic mass is 10.1. The first kappa shape index (κ1) is 23.6. The van der Waals surface area contributed by atoms with Gasteiger partial charge in [0, 0.05) is 42.7 Å². The van der Waals surface area contributed by atoms with E-state index in [0.29, 0.717) is 11.1 Å². The lowest BCUT2D eigenvalue weighted by Gasteiger charge is -2.10. The van der Waals surface area contributed by atoms with E-state index in [-0.39, 0.29) is 28.6 Å². The van der Waals surface area contributed by atoms with Crippen LogP contribution in [0, 0.1) is 10.1 Å². The summed E-state index contributed by atoms with van der Waals surface area (Å²) in [7, 11) is -4.19. The summed E-state index contributed by atoms with van der Waals surface area (Å²) >= 11 is 0. The predicted molar refractivity (Wildman–Crippen MR) is 128 cm³/mol. The smallest absolute Gasteiger partial charge is 0.270 e. The Hall–Kier alpha value is -4.57. The SMILES string of the molecule is O=C(NCc1cccnc1)/C(=C\c1ccc(-c2cccc([N+](=O)[O-])c2)o1)S(=O)(=O)c1ccccc1. The first-order valence-corrected chi connectivity index (χ1v) is 11.9. The topological polar surface area (TPSA) is 132 Å². The highest BCUT2D eigenvalue weighted by Gasteiger charge is 2.27. The van der Waals surface area contributed by atoms with Crippen molar-refractivity contribution in [2.75, 3.05) is 0 Å². The number of non-ortho nitro benzene ring substituents is 1. The van der Waals surface area contributed by atoms with Crippen LogP contribution in [0.5, 0.6) is 0 Å². The molecule has 0 aliphatic heterocycles. The Morgan fingerprint density at radius 3 is 2.54 bits per heavy atom. The van der Waals surface area contributed by atoms with Crippen molar-refractivity contribution >= 4 is 27.5 Å². The number of nitrogens with zero attached hydrogens (tertiary/aromatic N) is 2. The number of hydrogen-bond donors (Lipinski definition) is 1. The van der Waals surface area contributed by atoms with E-state index in [1.165, 1.54) is 36.4 Å². The van der Waals surface area contributed by atoms with E-state index in [1.807, 2.05) is 0 Å². The zero-order valence-electron chi connectivity index (χ0n) is 18.2. The summed E-state index contributed by atoms with van der Waals surface area (Å²) in [5.41, 5.74) is 1.02. The van der Waals surface area contributed by atoms with Crippen molar-refractivity contribution in [3.8, 4) is 11.3 Å². The molecule has 0 atom stereocenters. The molecule has 176 valence electrons. The predicted octanol–water partition coefficient (Wildman–Crippen LogP) is 4.38. The van der Waals surface area contributed by atoms with Crippen molar-refractivity contribution in [3.63, 3.8) is 0 Å². The minimum absolute atomic E-state index is 0.0479. The first-order valence-electron chi connectivity index (χ1n) is 10.4. The van der Waals surface area contributed by atoms with Gasteiger partial charge in [0.1, 0.15) is 16.4 Å². The van der Waals surface area contributed by atoms with Gasteiger partial charge in [0.25, 0.3) is 11.6 Å². The van der Waals surface area contributed by atoms with Gasteiger partial charge in [-0.1, -0.05) is 36.4 Å². The summed E-state index contributed by atoms with van der Waals surface area (Å²) in [4.78, 5) is 27.0. The maximum absolute atomic E-state index is 13.3. The average molecular weight is 490 g/mol. The van der Waals surface area contributed by atoms with Crippen LogP contribution < -0.4 is 5.32 Å². The summed E-state index contributed by atoms with van der Waals surface area (Å²) < 4.78 is 32.4. The first-order chi connectivity index (χ1) is 16.8. The second-order valence-corrected chi connectivity index (χ2v) is 9.30. The lowest BCUT2D eigenvalue weighted by molar-refractivity contribution is -0.384. The summed E-state index contributed by atoms with van der Waals surface area (Å²) in [6.07, 6.45) is 4.29. The summed E-state index contributed by atoms with van der Waals surface area (Å²) in [5.74, 6) is -0.435. The molecule has 0 fully saturated rings. The van der Waals surface area contributed by atoms with Gasteiger partial charge in [-0.05, 0) is 35.9 Å². The van der Waals surface area contributed by atoms with Crippen LogP contribution >= 0.6 is 0 Å². The molecule has 4 rings (SSSR count). The van der Waals surface area contributed by atoms with Crippen molar-refractivity contribution in [1.82, 2.24) is 10.3 Å². The molecule has 1 N–H and O–H groups in total. The van der Waals surface area contributed by atoms with Crippen LogP contribution in [0.2, 0.25) is 0 Å². The van der Waals surface area contributed by atoms with Crippen LogP contribution in [-0.4, -0.2) is 24.2 Å². The molecule has 1 amide bonds. The molecule has 9 nitrogen and oxygen atoms in total. The third-order valence-electron chi connectivity index (χ3n) is 4.98. The molecule has 0 saturated heterocycles. The number of carbonyl (C=O) groups excluding carboxylic acids is 1. The Balaban J connectivity index is 1.70. The van der Waals surface area contributed by atoms with E-state index < -0.39 is 25.6 Å². The molecule has 35 heavy (non-hydrogen) atoms. The normalized spacial score (nSPS) is 11.7. The van der Waals surface area contributed by atoms with E-state index in [2.05, 4.69) is 10.3 Å². The Kier molecular flexibility index (Phi) is 6.83. The maximum atomic E-state index is 13.3. The maximum Gasteiger partial charge on any atom is 0.270 e. The molecule has 0 aliphatic carbocycles. The molecular formula is C25H19N3O6S. The summed E-state index contributed by atoms with van der Waals surface area (Å²) in [6, 6.07) is 19.9. The minimum atomic E-state index is -4.19. The van der Waals surface area contributed by atoms with Crippen LogP contribution in [-0.2, 0) is 21.2 Å². The number of nitro benzene ring substituents is 1. The molecule has 0 unspecified atom stereocenters. The van der Waals surface area contributed by atoms with Crippen LogP contribution in [0.3, 0.4) is 0 Å². The molecule has 2 heterocycles. The fraction of sp³-hybridized carbons (Fsp3) is 0.0400. The average Bonchev–Trinajstić information content (AvgIpc) is 3.36. The number of furan rings is 1. The summed E-state index contributed by atoms with van der Waals surface area (Å²) in [6.45, 7) is 0.0748. The molecule has 0 saturated carbocycles. The molecule has 0 spiro atoms. The van der Waals surface area contributed by atoms with Crippen molar-refractivity contribution in [2.45, 2.75) is 11.4 Å². The Morgan fingerprint density at radius 2 is 1.83 bits per heavy atom. The molecular weight excluding hydrogens is 470 g/mol. The number of rotatable bonds is 8. The van der Waals surface area contributed by atoms with Crippen LogP contribution in [0.1, 0.15) is 11.3 Å². The van der Waals surface area contributed by atoms with E-state index in [9.17, 15) is 23.3 Å². The van der Waals surface area contributed by atoms with Crippen molar-refractivity contribution in [3.05, 3.63) is 118 Å². The van der Waals surface area contributed by atoms with Crippen LogP contribution in [0.15, 0.2) is 105 Å². The quantitative estimate of drug-likeness (QED) is 0.221. The van der Waals surface area contributed by atoms with Gasteiger partial charge in [-0.2, -0.15) is 0 Å². The van der Waals surface area contributed by atoms with E-state index in [4.69, 9.17) is 4.42 Å². The number of benzene rings is 2. The number of nitrogens with one attached hydrogen (secondary N) is 1. The van der Waals surface area contributed by atoms with Gasteiger partial charge in [-0.3, -0.25) is 19.9 Å². The second kappa shape index (κ2) is 10.1. The Morgan fingerprint density at radius 1 is 1.03 bits per heavy atom. The number of pyridine rings is 1. The fourth-order valence-electron chi connectivity index (χ4n) is 3.25. The zero-order valence-corrected chi connectivity index (χ0v) is 19.0. The highest BCUT2D eigenvalue weighted by molar-refractivity contribution is 7.96. The molecule has 0 bridgehead atoms. The van der Waals surface area contributed by atoms with Gasteiger partial charge in [-0.25, -0.2) is 8.42 Å². The molecule has 0 aliphatic rings. The zero-order chi connectivity index (χ0) is 24.8. The number of hydrogen-bond acceptors (Lipinski definition) is 7. The number of sulfone groups is 1. The lowest BCUT2D eigenvalue weighted by Crippen LogP contribution is -2.28. The largest absolute Gasteiger partial charge is 0.457 e. The van der Waals surface area contributed by atoms with Crippen molar-refractivity contribution < 1.29 is 22.6 Å². The number of aromatic nitrogens is 1. The number of nitro groups is 1. The van der Waals surface area contributed by atoms with Gasteiger partial charge >= 0.3 is 0 Å². The van der Waals surface area contributed by atoms with Gasteiger partial charge in [0.15, 0.2) is 0 Å². The third-order valence-corrected chi connectivity index (χ3v) is 6.76. The third kappa shape index (κ3) is 5.50. The van der Waals surface area contributed by atoms with Crippen molar-refractivity contribution in [1.29, 1.82) is 0 Å². The summed E-state index contributed by atoms with van der Waals surface area (Å²) in [5, 5.41) is 13.7. The van der Waals surface area contributed by atoms with Gasteiger partial charge in [0.2, 0.25) is 9.84 Å². The van der Waals surface area contributed by atoms with Gasteiger partial charge < -0.3 is 9.73 Å². The fourth-order valence-corrected chi connectivity index (χ4v) is 4.61. The molecule has 2 aromatic carbocycles. The highest BCUT2D eigenvalue weighted by atomic mass is 32.2. The second-order valence-electron chi connectivity index (χ2n) is 7.38. The van der Waals surface area contributed by atoms with Crippen LogP contribution in [0.4, 0.5) is 5.69 Å².